The molecule has 18 heavy (non-hydrogen) atoms. The van der Waals surface area contributed by atoms with Gasteiger partial charge in [0.25, 0.3) is 0 Å². The van der Waals surface area contributed by atoms with Crippen molar-refractivity contribution in [3.05, 3.63) is 36.2 Å². The first kappa shape index (κ1) is 11.9. The summed E-state index contributed by atoms with van der Waals surface area (Å²) in [5.41, 5.74) is 2.57. The number of ether oxygens (including phenoxy) is 1. The van der Waals surface area contributed by atoms with Crippen LogP contribution in [0.15, 0.2) is 30.5 Å². The molecule has 1 aliphatic carbocycles. The summed E-state index contributed by atoms with van der Waals surface area (Å²) < 4.78 is 5.41. The van der Waals surface area contributed by atoms with Gasteiger partial charge < -0.3 is 4.74 Å². The van der Waals surface area contributed by atoms with Gasteiger partial charge in [-0.2, -0.15) is 0 Å². The molecule has 1 unspecified atom stereocenters. The van der Waals surface area contributed by atoms with Gasteiger partial charge in [-0.25, -0.2) is 0 Å². The van der Waals surface area contributed by atoms with Crippen molar-refractivity contribution >= 4 is 5.57 Å². The van der Waals surface area contributed by atoms with E-state index in [9.17, 15) is 0 Å². The molecule has 0 aromatic carbocycles. The zero-order valence-corrected chi connectivity index (χ0v) is 10.7. The fraction of sp³-hybridized carbons (Fsp3) is 0.533. The molecule has 0 saturated carbocycles. The third-order valence-electron chi connectivity index (χ3n) is 3.94. The van der Waals surface area contributed by atoms with Gasteiger partial charge >= 0.3 is 0 Å². The Hall–Kier alpha value is -1.19. The highest BCUT2D eigenvalue weighted by Gasteiger charge is 2.23. The van der Waals surface area contributed by atoms with Crippen molar-refractivity contribution in [3.63, 3.8) is 0 Å². The van der Waals surface area contributed by atoms with Crippen LogP contribution in [0.4, 0.5) is 0 Å². The summed E-state index contributed by atoms with van der Waals surface area (Å²) in [5.74, 6) is 0. The maximum atomic E-state index is 5.41. The molecule has 1 aliphatic heterocycles. The summed E-state index contributed by atoms with van der Waals surface area (Å²) in [7, 11) is 0. The van der Waals surface area contributed by atoms with Gasteiger partial charge in [0, 0.05) is 25.3 Å². The first-order valence-electron chi connectivity index (χ1n) is 6.86. The van der Waals surface area contributed by atoms with Crippen LogP contribution in [0.25, 0.3) is 5.57 Å². The number of aromatic nitrogens is 1. The van der Waals surface area contributed by atoms with Gasteiger partial charge in [0.15, 0.2) is 0 Å². The van der Waals surface area contributed by atoms with Crippen LogP contribution in [0, 0.1) is 0 Å². The minimum absolute atomic E-state index is 0.710. The molecule has 0 bridgehead atoms. The molecule has 3 rings (SSSR count). The maximum absolute atomic E-state index is 5.41. The van der Waals surface area contributed by atoms with Gasteiger partial charge in [-0.3, -0.25) is 9.88 Å². The van der Waals surface area contributed by atoms with Crippen molar-refractivity contribution < 1.29 is 4.74 Å². The molecule has 0 N–H and O–H groups in total. The number of nitrogens with zero attached hydrogens (tertiary/aromatic N) is 2. The van der Waals surface area contributed by atoms with Crippen LogP contribution in [0.1, 0.15) is 25.0 Å². The zero-order chi connectivity index (χ0) is 12.2. The Morgan fingerprint density at radius 2 is 2.11 bits per heavy atom. The van der Waals surface area contributed by atoms with Crippen LogP contribution in [-0.2, 0) is 4.74 Å². The molecule has 2 aliphatic rings. The predicted molar refractivity (Wildman–Crippen MR) is 72.2 cm³/mol. The standard InChI is InChI=1S/C15H20N2O/c1-2-8-16-15(3-1)13-4-6-14(7-5-13)17-9-11-18-12-10-17/h1-4,8,14H,5-7,9-12H2. The average Bonchev–Trinajstić information content (AvgIpc) is 2.49. The van der Waals surface area contributed by atoms with E-state index in [-0.39, 0.29) is 0 Å². The Bertz CT molecular complexity index is 410. The molecule has 1 atom stereocenters. The van der Waals surface area contributed by atoms with Crippen molar-refractivity contribution in [3.8, 4) is 0 Å². The molecule has 96 valence electrons. The number of pyridine rings is 1. The maximum Gasteiger partial charge on any atom is 0.0658 e. The molecule has 0 radical (unpaired) electrons. The molecule has 3 heteroatoms. The summed E-state index contributed by atoms with van der Waals surface area (Å²) in [6, 6.07) is 6.86. The molecule has 1 saturated heterocycles. The van der Waals surface area contributed by atoms with E-state index in [0.717, 1.165) is 44.8 Å². The molecule has 1 aromatic rings. The summed E-state index contributed by atoms with van der Waals surface area (Å²) in [6.07, 6.45) is 7.82. The number of hydrogen-bond acceptors (Lipinski definition) is 3. The van der Waals surface area contributed by atoms with E-state index in [2.05, 4.69) is 28.1 Å². The van der Waals surface area contributed by atoms with Gasteiger partial charge in [-0.1, -0.05) is 12.1 Å². The van der Waals surface area contributed by atoms with E-state index in [4.69, 9.17) is 4.74 Å². The first-order valence-corrected chi connectivity index (χ1v) is 6.86. The molecule has 0 amide bonds. The second-order valence-corrected chi connectivity index (χ2v) is 5.02. The van der Waals surface area contributed by atoms with Crippen LogP contribution in [0.2, 0.25) is 0 Å². The van der Waals surface area contributed by atoms with Crippen LogP contribution in [0.3, 0.4) is 0 Å². The second-order valence-electron chi connectivity index (χ2n) is 5.02. The molecule has 1 fully saturated rings. The summed E-state index contributed by atoms with van der Waals surface area (Å²) in [4.78, 5) is 7.02. The summed E-state index contributed by atoms with van der Waals surface area (Å²) in [5, 5.41) is 0. The highest BCUT2D eigenvalue weighted by atomic mass is 16.5. The molecule has 3 nitrogen and oxygen atoms in total. The Balaban J connectivity index is 1.64. The van der Waals surface area contributed by atoms with Crippen LogP contribution in [-0.4, -0.2) is 42.2 Å². The van der Waals surface area contributed by atoms with Gasteiger partial charge in [0.05, 0.1) is 18.9 Å². The second kappa shape index (κ2) is 5.63. The normalized spacial score (nSPS) is 25.8. The lowest BCUT2D eigenvalue weighted by Crippen LogP contribution is -2.43. The van der Waals surface area contributed by atoms with Gasteiger partial charge in [0.1, 0.15) is 0 Å². The number of allylic oxidation sites excluding steroid dienone is 1. The number of rotatable bonds is 2. The molecule has 1 aromatic heterocycles. The van der Waals surface area contributed by atoms with E-state index in [1.165, 1.54) is 12.0 Å². The third kappa shape index (κ3) is 2.62. The Labute approximate surface area is 108 Å². The molecule has 0 spiro atoms. The quantitative estimate of drug-likeness (QED) is 0.798. The van der Waals surface area contributed by atoms with Gasteiger partial charge in [-0.15, -0.1) is 0 Å². The van der Waals surface area contributed by atoms with Crippen molar-refractivity contribution in [2.75, 3.05) is 26.3 Å². The number of hydrogen-bond donors (Lipinski definition) is 0. The van der Waals surface area contributed by atoms with E-state index >= 15 is 0 Å². The largest absolute Gasteiger partial charge is 0.379 e. The lowest BCUT2D eigenvalue weighted by atomic mass is 9.92. The van der Waals surface area contributed by atoms with Crippen LogP contribution < -0.4 is 0 Å². The average molecular weight is 244 g/mol. The fourth-order valence-corrected chi connectivity index (χ4v) is 2.88. The highest BCUT2D eigenvalue weighted by molar-refractivity contribution is 5.63. The highest BCUT2D eigenvalue weighted by Crippen LogP contribution is 2.28. The Kier molecular flexibility index (Phi) is 3.72. The third-order valence-corrected chi connectivity index (χ3v) is 3.94. The van der Waals surface area contributed by atoms with E-state index in [1.807, 2.05) is 12.3 Å². The van der Waals surface area contributed by atoms with Gasteiger partial charge in [-0.05, 0) is 37.0 Å². The minimum atomic E-state index is 0.710. The lowest BCUT2D eigenvalue weighted by Gasteiger charge is -2.36. The van der Waals surface area contributed by atoms with Crippen molar-refractivity contribution in [1.29, 1.82) is 0 Å². The Morgan fingerprint density at radius 3 is 2.78 bits per heavy atom. The summed E-state index contributed by atoms with van der Waals surface area (Å²) in [6.45, 7) is 3.98. The predicted octanol–water partition coefficient (Wildman–Crippen LogP) is 2.35. The number of morpholine rings is 1. The summed E-state index contributed by atoms with van der Waals surface area (Å²) >= 11 is 0. The van der Waals surface area contributed by atoms with Crippen molar-refractivity contribution in [1.82, 2.24) is 9.88 Å². The smallest absolute Gasteiger partial charge is 0.0658 e. The topological polar surface area (TPSA) is 25.4 Å². The van der Waals surface area contributed by atoms with E-state index in [1.54, 1.807) is 0 Å². The lowest BCUT2D eigenvalue weighted by molar-refractivity contribution is 0.0150. The van der Waals surface area contributed by atoms with Crippen LogP contribution in [0.5, 0.6) is 0 Å². The minimum Gasteiger partial charge on any atom is -0.379 e. The SMILES string of the molecule is C1=C(c2ccccn2)CCC(N2CCOCC2)C1. The van der Waals surface area contributed by atoms with Crippen molar-refractivity contribution in [2.45, 2.75) is 25.3 Å². The van der Waals surface area contributed by atoms with E-state index in [0.29, 0.717) is 6.04 Å². The molecular formula is C15H20N2O. The first-order chi connectivity index (χ1) is 8.93. The molecular weight excluding hydrogens is 224 g/mol. The fourth-order valence-electron chi connectivity index (χ4n) is 2.88. The monoisotopic (exact) mass is 244 g/mol. The van der Waals surface area contributed by atoms with Gasteiger partial charge in [0.2, 0.25) is 0 Å². The van der Waals surface area contributed by atoms with E-state index < -0.39 is 0 Å². The van der Waals surface area contributed by atoms with Crippen molar-refractivity contribution in [2.24, 2.45) is 0 Å². The molecule has 2 heterocycles. The zero-order valence-electron chi connectivity index (χ0n) is 10.7. The van der Waals surface area contributed by atoms with Crippen LogP contribution >= 0.6 is 0 Å². The Morgan fingerprint density at radius 1 is 1.22 bits per heavy atom.